The van der Waals surface area contributed by atoms with Crippen LogP contribution in [0.15, 0.2) is 15.3 Å². The van der Waals surface area contributed by atoms with Crippen molar-refractivity contribution in [2.75, 3.05) is 7.11 Å². The van der Waals surface area contributed by atoms with E-state index in [2.05, 4.69) is 4.74 Å². The van der Waals surface area contributed by atoms with Crippen molar-refractivity contribution >= 4 is 22.5 Å². The molecule has 1 atom stereocenters. The van der Waals surface area contributed by atoms with Crippen molar-refractivity contribution in [3.8, 4) is 17.2 Å². The highest BCUT2D eigenvalue weighted by atomic mass is 16.5. The van der Waals surface area contributed by atoms with Crippen molar-refractivity contribution < 1.29 is 34.1 Å². The molecule has 0 fully saturated rings. The highest BCUT2D eigenvalue weighted by Gasteiger charge is 2.41. The van der Waals surface area contributed by atoms with Crippen LogP contribution in [0.4, 0.5) is 0 Å². The molecule has 0 saturated carbocycles. The predicted molar refractivity (Wildman–Crippen MR) is 71.2 cm³/mol. The minimum absolute atomic E-state index is 0.0285. The van der Waals surface area contributed by atoms with E-state index < -0.39 is 40.5 Å². The summed E-state index contributed by atoms with van der Waals surface area (Å²) in [5.74, 6) is -5.13. The Morgan fingerprint density at radius 1 is 1.27 bits per heavy atom. The van der Waals surface area contributed by atoms with E-state index in [0.717, 1.165) is 13.2 Å². The lowest BCUT2D eigenvalue weighted by atomic mass is 9.96. The molecule has 1 aromatic carbocycles. The van der Waals surface area contributed by atoms with Crippen LogP contribution in [0.5, 0.6) is 17.2 Å². The molecule has 0 radical (unpaired) electrons. The molecule has 0 amide bonds. The Balaban J connectivity index is 2.50. The van der Waals surface area contributed by atoms with Crippen LogP contribution in [0.25, 0.3) is 10.8 Å². The monoisotopic (exact) mass is 306 g/mol. The van der Waals surface area contributed by atoms with Gasteiger partial charge in [0.1, 0.15) is 0 Å². The smallest absolute Gasteiger partial charge is 0.344 e. The summed E-state index contributed by atoms with van der Waals surface area (Å²) in [7, 11) is 1.13. The first-order valence-electron chi connectivity index (χ1n) is 6.22. The van der Waals surface area contributed by atoms with Crippen molar-refractivity contribution in [2.24, 2.45) is 0 Å². The summed E-state index contributed by atoms with van der Waals surface area (Å²) in [6.07, 6.45) is -0.273. The molecule has 0 aliphatic heterocycles. The molecule has 8 nitrogen and oxygen atoms in total. The summed E-state index contributed by atoms with van der Waals surface area (Å²) < 4.78 is 9.51. The van der Waals surface area contributed by atoms with Gasteiger partial charge in [-0.15, -0.1) is 0 Å². The number of phenols is 3. The van der Waals surface area contributed by atoms with Gasteiger partial charge in [0, 0.05) is 17.4 Å². The number of hydrogen-bond acceptors (Lipinski definition) is 8. The molecule has 8 heteroatoms. The number of hydrogen-bond donors (Lipinski definition) is 3. The van der Waals surface area contributed by atoms with E-state index in [4.69, 9.17) is 4.42 Å². The summed E-state index contributed by atoms with van der Waals surface area (Å²) in [6, 6.07) is 0.896. The highest BCUT2D eigenvalue weighted by molar-refractivity contribution is 6.10. The van der Waals surface area contributed by atoms with E-state index in [1.165, 1.54) is 0 Å². The van der Waals surface area contributed by atoms with Crippen LogP contribution in [0.2, 0.25) is 0 Å². The molecule has 0 spiro atoms. The summed E-state index contributed by atoms with van der Waals surface area (Å²) in [5.41, 5.74) is -1.00. The van der Waals surface area contributed by atoms with Crippen LogP contribution in [-0.4, -0.2) is 34.2 Å². The summed E-state index contributed by atoms with van der Waals surface area (Å²) in [4.78, 5) is 35.7. The minimum Gasteiger partial charge on any atom is -0.504 e. The lowest BCUT2D eigenvalue weighted by Gasteiger charge is -2.12. The van der Waals surface area contributed by atoms with Crippen molar-refractivity contribution in [1.82, 2.24) is 0 Å². The Kier molecular flexibility index (Phi) is 2.84. The highest BCUT2D eigenvalue weighted by Crippen LogP contribution is 2.46. The van der Waals surface area contributed by atoms with E-state index in [-0.39, 0.29) is 28.5 Å². The lowest BCUT2D eigenvalue weighted by molar-refractivity contribution is -0.142. The Bertz CT molecular complexity index is 892. The third-order valence-electron chi connectivity index (χ3n) is 3.66. The number of rotatable bonds is 1. The molecule has 2 aromatic rings. The van der Waals surface area contributed by atoms with Gasteiger partial charge in [0.05, 0.1) is 18.4 Å². The lowest BCUT2D eigenvalue weighted by Crippen LogP contribution is -2.13. The van der Waals surface area contributed by atoms with Crippen molar-refractivity contribution in [3.05, 3.63) is 27.8 Å². The SMILES string of the molecule is COC(=O)[C@H]1CC(=O)c2oc(=O)c3cc(O)c(O)c(O)c3c21. The maximum absolute atomic E-state index is 11.9. The maximum Gasteiger partial charge on any atom is 0.344 e. The number of aromatic hydroxyl groups is 3. The van der Waals surface area contributed by atoms with Gasteiger partial charge in [-0.3, -0.25) is 9.59 Å². The fraction of sp³-hybridized carbons (Fsp3) is 0.214. The molecule has 22 heavy (non-hydrogen) atoms. The molecule has 3 rings (SSSR count). The van der Waals surface area contributed by atoms with E-state index in [1.54, 1.807) is 0 Å². The summed E-state index contributed by atoms with van der Waals surface area (Å²) in [5, 5.41) is 28.7. The molecule has 1 aromatic heterocycles. The number of carbonyl (C=O) groups excluding carboxylic acids is 2. The fourth-order valence-electron chi connectivity index (χ4n) is 2.66. The first-order chi connectivity index (χ1) is 10.4. The van der Waals surface area contributed by atoms with E-state index in [9.17, 15) is 29.7 Å². The molecule has 1 heterocycles. The van der Waals surface area contributed by atoms with Crippen molar-refractivity contribution in [3.63, 3.8) is 0 Å². The largest absolute Gasteiger partial charge is 0.504 e. The van der Waals surface area contributed by atoms with E-state index in [1.807, 2.05) is 0 Å². The second kappa shape index (κ2) is 4.48. The Labute approximate surface area is 122 Å². The molecule has 1 aliphatic carbocycles. The molecular weight excluding hydrogens is 296 g/mol. The van der Waals surface area contributed by atoms with Crippen LogP contribution in [0.3, 0.4) is 0 Å². The normalized spacial score (nSPS) is 16.8. The number of carbonyl (C=O) groups is 2. The number of esters is 1. The van der Waals surface area contributed by atoms with E-state index in [0.29, 0.717) is 0 Å². The first-order valence-corrected chi connectivity index (χ1v) is 6.22. The first kappa shape index (κ1) is 13.9. The van der Waals surface area contributed by atoms with Crippen LogP contribution < -0.4 is 5.63 Å². The van der Waals surface area contributed by atoms with Crippen molar-refractivity contribution in [1.29, 1.82) is 0 Å². The number of ether oxygens (including phenoxy) is 1. The van der Waals surface area contributed by atoms with Crippen LogP contribution in [-0.2, 0) is 9.53 Å². The predicted octanol–water partition coefficient (Wildman–Crippen LogP) is 0.753. The minimum atomic E-state index is -1.06. The van der Waals surface area contributed by atoms with Gasteiger partial charge in [-0.1, -0.05) is 0 Å². The van der Waals surface area contributed by atoms with Gasteiger partial charge in [-0.25, -0.2) is 4.79 Å². The third kappa shape index (κ3) is 1.67. The van der Waals surface area contributed by atoms with Gasteiger partial charge in [0.15, 0.2) is 23.0 Å². The topological polar surface area (TPSA) is 134 Å². The number of benzene rings is 1. The zero-order chi connectivity index (χ0) is 16.2. The number of phenolic OH excluding ortho intramolecular Hbond substituents is 3. The Hall–Kier alpha value is -3.03. The third-order valence-corrected chi connectivity index (χ3v) is 3.66. The molecule has 0 unspecified atom stereocenters. The van der Waals surface area contributed by atoms with Gasteiger partial charge in [0.2, 0.25) is 5.75 Å². The average molecular weight is 306 g/mol. The fourth-order valence-corrected chi connectivity index (χ4v) is 2.66. The van der Waals surface area contributed by atoms with Gasteiger partial charge in [-0.2, -0.15) is 0 Å². The molecular formula is C14H10O8. The zero-order valence-electron chi connectivity index (χ0n) is 11.2. The number of methoxy groups -OCH3 is 1. The quantitative estimate of drug-likeness (QED) is 0.519. The Morgan fingerprint density at radius 3 is 2.59 bits per heavy atom. The van der Waals surface area contributed by atoms with Gasteiger partial charge in [-0.05, 0) is 6.07 Å². The maximum atomic E-state index is 11.9. The van der Waals surface area contributed by atoms with Crippen molar-refractivity contribution in [2.45, 2.75) is 12.3 Å². The van der Waals surface area contributed by atoms with Crippen LogP contribution >= 0.6 is 0 Å². The second-order valence-corrected chi connectivity index (χ2v) is 4.85. The molecule has 3 N–H and O–H groups in total. The zero-order valence-corrected chi connectivity index (χ0v) is 11.2. The second-order valence-electron chi connectivity index (χ2n) is 4.85. The number of Topliss-reactive ketones (excluding diaryl/α,β-unsaturated/α-hetero) is 1. The van der Waals surface area contributed by atoms with Gasteiger partial charge in [0.25, 0.3) is 0 Å². The number of fused-ring (bicyclic) bond motifs is 3. The number of ketones is 1. The molecule has 0 saturated heterocycles. The summed E-state index contributed by atoms with van der Waals surface area (Å²) in [6.45, 7) is 0. The average Bonchev–Trinajstić information content (AvgIpc) is 2.81. The molecule has 1 aliphatic rings. The van der Waals surface area contributed by atoms with Crippen LogP contribution in [0.1, 0.15) is 28.5 Å². The summed E-state index contributed by atoms with van der Waals surface area (Å²) >= 11 is 0. The standard InChI is InChI=1S/C14H10O8/c1-21-13(19)5-3-7(16)12-9(5)8-4(14(20)22-12)2-6(15)10(17)11(8)18/h2,5,15,17-18H,3H2,1H3/t5-/m0/s1. The Morgan fingerprint density at radius 2 is 1.95 bits per heavy atom. The van der Waals surface area contributed by atoms with Gasteiger partial charge >= 0.3 is 11.6 Å². The van der Waals surface area contributed by atoms with Gasteiger partial charge < -0.3 is 24.5 Å². The van der Waals surface area contributed by atoms with E-state index >= 15 is 0 Å². The van der Waals surface area contributed by atoms with Crippen LogP contribution in [0, 0.1) is 0 Å². The molecule has 0 bridgehead atoms. The molecule has 114 valence electrons.